The normalized spacial score (nSPS) is 12.3. The number of aromatic nitrogens is 1. The summed E-state index contributed by atoms with van der Waals surface area (Å²) in [6.07, 6.45) is 0. The molecular formula is C40H23NO. The van der Waals surface area contributed by atoms with E-state index in [4.69, 9.17) is 4.42 Å². The molecule has 10 rings (SSSR count). The molecule has 1 aliphatic rings. The van der Waals surface area contributed by atoms with Gasteiger partial charge in [0.2, 0.25) is 0 Å². The molecule has 1 aliphatic carbocycles. The van der Waals surface area contributed by atoms with E-state index in [0.717, 1.165) is 33.1 Å². The van der Waals surface area contributed by atoms with Crippen LogP contribution < -0.4 is 0 Å². The van der Waals surface area contributed by atoms with Crippen LogP contribution in [0.5, 0.6) is 0 Å². The van der Waals surface area contributed by atoms with Crippen LogP contribution in [0.4, 0.5) is 0 Å². The molecule has 2 nitrogen and oxygen atoms in total. The van der Waals surface area contributed by atoms with E-state index in [1.807, 2.05) is 12.1 Å². The third kappa shape index (κ3) is 2.88. The average Bonchev–Trinajstić information content (AvgIpc) is 3.68. The average molecular weight is 534 g/mol. The first-order chi connectivity index (χ1) is 20.8. The molecule has 0 fully saturated rings. The number of rotatable bonds is 2. The van der Waals surface area contributed by atoms with Gasteiger partial charge in [-0.2, -0.15) is 0 Å². The second-order valence-electron chi connectivity index (χ2n) is 11.3. The quantitative estimate of drug-likeness (QED) is 0.216. The molecule has 0 radical (unpaired) electrons. The van der Waals surface area contributed by atoms with Crippen molar-refractivity contribution in [2.45, 2.75) is 0 Å². The van der Waals surface area contributed by atoms with Crippen molar-refractivity contribution in [1.82, 2.24) is 4.57 Å². The fraction of sp³-hybridized carbons (Fsp3) is 0. The summed E-state index contributed by atoms with van der Waals surface area (Å²) in [7, 11) is 0. The van der Waals surface area contributed by atoms with Crippen molar-refractivity contribution in [2.75, 3.05) is 0 Å². The van der Waals surface area contributed by atoms with Crippen LogP contribution in [0.3, 0.4) is 0 Å². The molecule has 0 bridgehead atoms. The van der Waals surface area contributed by atoms with Crippen molar-refractivity contribution < 1.29 is 4.42 Å². The number of para-hydroxylation sites is 2. The molecule has 2 heterocycles. The Morgan fingerprint density at radius 2 is 1.17 bits per heavy atom. The van der Waals surface area contributed by atoms with E-state index in [1.165, 1.54) is 60.4 Å². The van der Waals surface area contributed by atoms with Crippen LogP contribution in [0.2, 0.25) is 0 Å². The zero-order chi connectivity index (χ0) is 27.4. The highest BCUT2D eigenvalue weighted by atomic mass is 16.3. The van der Waals surface area contributed by atoms with Crippen molar-refractivity contribution >= 4 is 54.5 Å². The summed E-state index contributed by atoms with van der Waals surface area (Å²) in [5.74, 6) is 0. The number of hydrogen-bond donors (Lipinski definition) is 0. The van der Waals surface area contributed by atoms with Crippen LogP contribution in [0.15, 0.2) is 144 Å². The predicted octanol–water partition coefficient (Wildman–Crippen LogP) is 11.2. The first-order valence-electron chi connectivity index (χ1n) is 14.4. The van der Waals surface area contributed by atoms with Gasteiger partial charge in [0.15, 0.2) is 0 Å². The van der Waals surface area contributed by atoms with Crippen molar-refractivity contribution in [3.8, 4) is 39.1 Å². The van der Waals surface area contributed by atoms with Gasteiger partial charge >= 0.3 is 0 Å². The summed E-state index contributed by atoms with van der Waals surface area (Å²) in [4.78, 5) is 0. The molecule has 0 amide bonds. The van der Waals surface area contributed by atoms with E-state index in [-0.39, 0.29) is 0 Å². The molecule has 42 heavy (non-hydrogen) atoms. The highest BCUT2D eigenvalue weighted by Crippen LogP contribution is 2.48. The highest BCUT2D eigenvalue weighted by molar-refractivity contribution is 6.18. The first-order valence-corrected chi connectivity index (χ1v) is 14.4. The monoisotopic (exact) mass is 533 g/mol. The molecular weight excluding hydrogens is 510 g/mol. The SMILES string of the molecule is c1cc(-c2ccc3c(c2)-c2cccc4cccc-3c24)cc(-n2c3ccccc3c3cc4c(cc32)oc2ccccc24)c1. The molecule has 0 saturated carbocycles. The minimum Gasteiger partial charge on any atom is -0.456 e. The number of furan rings is 1. The van der Waals surface area contributed by atoms with Gasteiger partial charge in [-0.15, -0.1) is 0 Å². The van der Waals surface area contributed by atoms with Crippen LogP contribution in [-0.4, -0.2) is 4.57 Å². The predicted molar refractivity (Wildman–Crippen MR) is 175 cm³/mol. The molecule has 0 spiro atoms. The Morgan fingerprint density at radius 1 is 0.405 bits per heavy atom. The molecule has 2 heteroatoms. The maximum atomic E-state index is 6.32. The summed E-state index contributed by atoms with van der Waals surface area (Å²) in [6.45, 7) is 0. The van der Waals surface area contributed by atoms with E-state index >= 15 is 0 Å². The Labute approximate surface area is 241 Å². The molecule has 0 saturated heterocycles. The molecule has 7 aromatic carbocycles. The van der Waals surface area contributed by atoms with Crippen LogP contribution >= 0.6 is 0 Å². The third-order valence-corrected chi connectivity index (χ3v) is 9.11. The van der Waals surface area contributed by atoms with E-state index in [9.17, 15) is 0 Å². The zero-order valence-corrected chi connectivity index (χ0v) is 22.6. The lowest BCUT2D eigenvalue weighted by Crippen LogP contribution is -1.94. The van der Waals surface area contributed by atoms with Crippen LogP contribution in [0.1, 0.15) is 0 Å². The molecule has 0 atom stereocenters. The van der Waals surface area contributed by atoms with E-state index in [0.29, 0.717) is 0 Å². The Morgan fingerprint density at radius 3 is 2.07 bits per heavy atom. The fourth-order valence-electron chi connectivity index (χ4n) is 7.26. The van der Waals surface area contributed by atoms with Gasteiger partial charge in [0.05, 0.1) is 11.0 Å². The Hall–Kier alpha value is -5.60. The summed E-state index contributed by atoms with van der Waals surface area (Å²) < 4.78 is 8.70. The Kier molecular flexibility index (Phi) is 4.21. The molecule has 194 valence electrons. The van der Waals surface area contributed by atoms with Crippen molar-refractivity contribution in [3.63, 3.8) is 0 Å². The third-order valence-electron chi connectivity index (χ3n) is 9.11. The topological polar surface area (TPSA) is 18.1 Å². The second kappa shape index (κ2) is 7.99. The first kappa shape index (κ1) is 22.1. The molecule has 0 aliphatic heterocycles. The van der Waals surface area contributed by atoms with Crippen LogP contribution in [-0.2, 0) is 0 Å². The standard InChI is InChI=1S/C40H23NO/c1-3-16-36-29(12-1)34-22-35-30-13-2-4-17-38(30)42-39(35)23-37(34)41(36)27-11-5-10-25(20-27)26-18-19-28-31-14-6-8-24-9-7-15-32(40(24)31)33(28)21-26/h1-23H. The number of hydrogen-bond acceptors (Lipinski definition) is 1. The molecule has 2 aromatic heterocycles. The van der Waals surface area contributed by atoms with Gasteiger partial charge in [-0.1, -0.05) is 97.1 Å². The lowest BCUT2D eigenvalue weighted by atomic mass is 9.97. The number of benzene rings is 7. The molecule has 9 aromatic rings. The lowest BCUT2D eigenvalue weighted by molar-refractivity contribution is 0.669. The van der Waals surface area contributed by atoms with E-state index in [1.54, 1.807) is 0 Å². The second-order valence-corrected chi connectivity index (χ2v) is 11.3. The van der Waals surface area contributed by atoms with Crippen molar-refractivity contribution in [1.29, 1.82) is 0 Å². The number of fused-ring (bicyclic) bond motifs is 9. The van der Waals surface area contributed by atoms with Gasteiger partial charge < -0.3 is 8.98 Å². The summed E-state index contributed by atoms with van der Waals surface area (Å²) in [6, 6.07) is 50.6. The van der Waals surface area contributed by atoms with Crippen molar-refractivity contribution in [3.05, 3.63) is 140 Å². The van der Waals surface area contributed by atoms with Gasteiger partial charge in [-0.25, -0.2) is 0 Å². The van der Waals surface area contributed by atoms with Crippen LogP contribution in [0.25, 0.3) is 93.6 Å². The van der Waals surface area contributed by atoms with E-state index < -0.39 is 0 Å². The summed E-state index contributed by atoms with van der Waals surface area (Å²) in [5, 5.41) is 7.45. The summed E-state index contributed by atoms with van der Waals surface area (Å²) in [5.41, 5.74) is 13.0. The minimum absolute atomic E-state index is 0.913. The smallest absolute Gasteiger partial charge is 0.137 e. The fourth-order valence-corrected chi connectivity index (χ4v) is 7.26. The van der Waals surface area contributed by atoms with Gasteiger partial charge in [0.1, 0.15) is 11.2 Å². The minimum atomic E-state index is 0.913. The van der Waals surface area contributed by atoms with Crippen molar-refractivity contribution in [2.24, 2.45) is 0 Å². The van der Waals surface area contributed by atoms with Crippen LogP contribution in [0, 0.1) is 0 Å². The molecule has 0 N–H and O–H groups in total. The van der Waals surface area contributed by atoms with Gasteiger partial charge in [-0.3, -0.25) is 0 Å². The van der Waals surface area contributed by atoms with Gasteiger partial charge in [0.25, 0.3) is 0 Å². The van der Waals surface area contributed by atoms with E-state index in [2.05, 4.69) is 132 Å². The van der Waals surface area contributed by atoms with Gasteiger partial charge in [0, 0.05) is 33.3 Å². The molecule has 0 unspecified atom stereocenters. The highest BCUT2D eigenvalue weighted by Gasteiger charge is 2.22. The Bertz CT molecular complexity index is 2570. The van der Waals surface area contributed by atoms with Gasteiger partial charge in [-0.05, 0) is 80.6 Å². The largest absolute Gasteiger partial charge is 0.456 e. The maximum absolute atomic E-state index is 6.32. The summed E-state index contributed by atoms with van der Waals surface area (Å²) >= 11 is 0. The lowest BCUT2D eigenvalue weighted by Gasteiger charge is -2.12. The number of nitrogens with zero attached hydrogens (tertiary/aromatic N) is 1. The maximum Gasteiger partial charge on any atom is 0.137 e. The Balaban J connectivity index is 1.19. The zero-order valence-electron chi connectivity index (χ0n) is 22.6.